The first-order valence-electron chi connectivity index (χ1n) is 8.83. The van der Waals surface area contributed by atoms with Crippen molar-refractivity contribution < 1.29 is 13.5 Å². The molecule has 0 bridgehead atoms. The number of aliphatic hydroxyl groups excluding tert-OH is 1. The molecule has 1 unspecified atom stereocenters. The number of hydrogen-bond donors (Lipinski definition) is 2. The normalized spacial score (nSPS) is 12.8. The highest BCUT2D eigenvalue weighted by Gasteiger charge is 2.26. The van der Waals surface area contributed by atoms with Gasteiger partial charge in [-0.15, -0.1) is 0 Å². The van der Waals surface area contributed by atoms with E-state index in [-0.39, 0.29) is 11.5 Å². The number of nitrogens with zero attached hydrogens (tertiary/aromatic N) is 2. The molecular weight excluding hydrogens is 362 g/mol. The Morgan fingerprint density at radius 1 is 1.07 bits per heavy atom. The number of nitrogens with one attached hydrogen (secondary N) is 1. The van der Waals surface area contributed by atoms with Crippen LogP contribution in [0, 0.1) is 0 Å². The van der Waals surface area contributed by atoms with Gasteiger partial charge in [0.2, 0.25) is 10.0 Å². The minimum atomic E-state index is -3.83. The van der Waals surface area contributed by atoms with Gasteiger partial charge in [-0.3, -0.25) is 4.68 Å². The summed E-state index contributed by atoms with van der Waals surface area (Å²) < 4.78 is 30.1. The monoisotopic (exact) mass is 385 g/mol. The van der Waals surface area contributed by atoms with E-state index < -0.39 is 16.1 Å². The van der Waals surface area contributed by atoms with Crippen molar-refractivity contribution >= 4 is 10.0 Å². The highest BCUT2D eigenvalue weighted by Crippen LogP contribution is 2.26. The average molecular weight is 385 g/mol. The van der Waals surface area contributed by atoms with E-state index in [2.05, 4.69) is 9.82 Å². The molecule has 3 aromatic rings. The van der Waals surface area contributed by atoms with Gasteiger partial charge in [-0.25, -0.2) is 13.1 Å². The van der Waals surface area contributed by atoms with Crippen molar-refractivity contribution in [2.24, 2.45) is 0 Å². The van der Waals surface area contributed by atoms with Crippen molar-refractivity contribution in [3.63, 3.8) is 0 Å². The molecule has 0 aliphatic rings. The number of aromatic nitrogens is 2. The Morgan fingerprint density at radius 3 is 2.30 bits per heavy atom. The van der Waals surface area contributed by atoms with E-state index in [1.807, 2.05) is 67.6 Å². The molecule has 1 atom stereocenters. The summed E-state index contributed by atoms with van der Waals surface area (Å²) in [7, 11) is -3.83. The highest BCUT2D eigenvalue weighted by molar-refractivity contribution is 7.89. The number of hydrogen-bond acceptors (Lipinski definition) is 4. The molecule has 0 spiro atoms. The molecule has 2 N–H and O–H groups in total. The molecule has 0 saturated carbocycles. The predicted octanol–water partition coefficient (Wildman–Crippen LogP) is 2.65. The minimum Gasteiger partial charge on any atom is -0.395 e. The zero-order valence-electron chi connectivity index (χ0n) is 15.1. The average Bonchev–Trinajstić information content (AvgIpc) is 3.12. The Kier molecular flexibility index (Phi) is 6.05. The first kappa shape index (κ1) is 19.3. The highest BCUT2D eigenvalue weighted by atomic mass is 32.2. The topological polar surface area (TPSA) is 84.2 Å². The predicted molar refractivity (Wildman–Crippen MR) is 105 cm³/mol. The van der Waals surface area contributed by atoms with Gasteiger partial charge in [0.05, 0.1) is 13.2 Å². The molecule has 1 heterocycles. The van der Waals surface area contributed by atoms with Gasteiger partial charge in [0, 0.05) is 17.8 Å². The van der Waals surface area contributed by atoms with Crippen LogP contribution in [0.1, 0.15) is 18.9 Å². The zero-order valence-corrected chi connectivity index (χ0v) is 15.9. The van der Waals surface area contributed by atoms with Crippen molar-refractivity contribution in [3.05, 3.63) is 72.4 Å². The fraction of sp³-hybridized carbons (Fsp3) is 0.250. The minimum absolute atomic E-state index is 0.108. The second-order valence-corrected chi connectivity index (χ2v) is 7.98. The third-order valence-corrected chi connectivity index (χ3v) is 5.81. The van der Waals surface area contributed by atoms with Crippen LogP contribution in [0.4, 0.5) is 0 Å². The fourth-order valence-electron chi connectivity index (χ4n) is 2.78. The van der Waals surface area contributed by atoms with Gasteiger partial charge in [0.1, 0.15) is 10.6 Å². The third-order valence-electron chi connectivity index (χ3n) is 4.29. The lowest BCUT2D eigenvalue weighted by Gasteiger charge is -2.14. The van der Waals surface area contributed by atoms with Crippen molar-refractivity contribution in [1.29, 1.82) is 0 Å². The second kappa shape index (κ2) is 8.47. The molecule has 2 aromatic carbocycles. The van der Waals surface area contributed by atoms with Gasteiger partial charge in [0.15, 0.2) is 0 Å². The van der Waals surface area contributed by atoms with E-state index in [0.29, 0.717) is 18.7 Å². The molecule has 0 fully saturated rings. The summed E-state index contributed by atoms with van der Waals surface area (Å²) >= 11 is 0. The molecule has 27 heavy (non-hydrogen) atoms. The van der Waals surface area contributed by atoms with Crippen LogP contribution in [0.15, 0.2) is 71.8 Å². The molecule has 142 valence electrons. The fourth-order valence-corrected chi connectivity index (χ4v) is 4.26. The van der Waals surface area contributed by atoms with Crippen LogP contribution in [0.3, 0.4) is 0 Å². The quantitative estimate of drug-likeness (QED) is 0.624. The van der Waals surface area contributed by atoms with Crippen LogP contribution in [0.2, 0.25) is 0 Å². The van der Waals surface area contributed by atoms with Crippen molar-refractivity contribution in [3.8, 4) is 11.3 Å². The SMILES string of the molecule is CCC(CO)NS(=O)(=O)c1cn(Cc2ccccc2)nc1-c1ccccc1. The molecule has 1 aromatic heterocycles. The van der Waals surface area contributed by atoms with Crippen molar-refractivity contribution in [2.75, 3.05) is 6.61 Å². The van der Waals surface area contributed by atoms with E-state index >= 15 is 0 Å². The Morgan fingerprint density at radius 2 is 1.70 bits per heavy atom. The Balaban J connectivity index is 2.03. The Labute approximate surface area is 159 Å². The summed E-state index contributed by atoms with van der Waals surface area (Å²) in [5.41, 5.74) is 2.15. The standard InChI is InChI=1S/C20H23N3O3S/c1-2-18(15-24)22-27(25,26)19-14-23(13-16-9-5-3-6-10-16)21-20(19)17-11-7-4-8-12-17/h3-12,14,18,22,24H,2,13,15H2,1H3. The van der Waals surface area contributed by atoms with Gasteiger partial charge in [-0.05, 0) is 12.0 Å². The van der Waals surface area contributed by atoms with E-state index in [0.717, 1.165) is 11.1 Å². The number of sulfonamides is 1. The van der Waals surface area contributed by atoms with Crippen LogP contribution < -0.4 is 4.72 Å². The molecular formula is C20H23N3O3S. The van der Waals surface area contributed by atoms with E-state index in [9.17, 15) is 13.5 Å². The molecule has 0 aliphatic carbocycles. The lowest BCUT2D eigenvalue weighted by Crippen LogP contribution is -2.37. The largest absolute Gasteiger partial charge is 0.395 e. The summed E-state index contributed by atoms with van der Waals surface area (Å²) in [6, 6.07) is 18.4. The van der Waals surface area contributed by atoms with Crippen molar-refractivity contribution in [2.45, 2.75) is 30.8 Å². The lowest BCUT2D eigenvalue weighted by atomic mass is 10.2. The van der Waals surface area contributed by atoms with Crippen molar-refractivity contribution in [1.82, 2.24) is 14.5 Å². The van der Waals surface area contributed by atoms with E-state index in [1.165, 1.54) is 0 Å². The van der Waals surface area contributed by atoms with E-state index in [4.69, 9.17) is 0 Å². The second-order valence-electron chi connectivity index (χ2n) is 6.30. The molecule has 0 radical (unpaired) electrons. The van der Waals surface area contributed by atoms with E-state index in [1.54, 1.807) is 10.9 Å². The Hall–Kier alpha value is -2.48. The smallest absolute Gasteiger partial charge is 0.244 e. The first-order valence-corrected chi connectivity index (χ1v) is 10.3. The maximum absolute atomic E-state index is 12.9. The van der Waals surface area contributed by atoms with Gasteiger partial charge >= 0.3 is 0 Å². The number of benzene rings is 2. The van der Waals surface area contributed by atoms with Gasteiger partial charge < -0.3 is 5.11 Å². The summed E-state index contributed by atoms with van der Waals surface area (Å²) in [6.45, 7) is 2.03. The van der Waals surface area contributed by atoms with Gasteiger partial charge in [-0.2, -0.15) is 5.10 Å². The van der Waals surface area contributed by atoms with Gasteiger partial charge in [0.25, 0.3) is 0 Å². The lowest BCUT2D eigenvalue weighted by molar-refractivity contribution is 0.254. The third kappa shape index (κ3) is 4.63. The van der Waals surface area contributed by atoms with Gasteiger partial charge in [-0.1, -0.05) is 67.6 Å². The van der Waals surface area contributed by atoms with Crippen LogP contribution in [0.5, 0.6) is 0 Å². The number of rotatable bonds is 8. The summed E-state index contributed by atoms with van der Waals surface area (Å²) in [5.74, 6) is 0. The zero-order chi connectivity index (χ0) is 19.3. The molecule has 0 saturated heterocycles. The molecule has 0 aliphatic heterocycles. The molecule has 0 amide bonds. The molecule has 7 heteroatoms. The van der Waals surface area contributed by atoms with Crippen LogP contribution in [-0.2, 0) is 16.6 Å². The molecule has 6 nitrogen and oxygen atoms in total. The van der Waals surface area contributed by atoms with Crippen LogP contribution in [-0.4, -0.2) is 36.0 Å². The first-order chi connectivity index (χ1) is 13.0. The Bertz CT molecular complexity index is 966. The maximum Gasteiger partial charge on any atom is 0.244 e. The summed E-state index contributed by atoms with van der Waals surface area (Å²) in [4.78, 5) is 0.108. The number of aliphatic hydroxyl groups is 1. The summed E-state index contributed by atoms with van der Waals surface area (Å²) in [6.07, 6.45) is 2.04. The maximum atomic E-state index is 12.9. The molecule has 3 rings (SSSR count). The van der Waals surface area contributed by atoms with Crippen LogP contribution in [0.25, 0.3) is 11.3 Å². The summed E-state index contributed by atoms with van der Waals surface area (Å²) in [5, 5.41) is 13.9. The van der Waals surface area contributed by atoms with Crippen LogP contribution >= 0.6 is 0 Å².